The average Bonchev–Trinajstić information content (AvgIpc) is 2.25. The van der Waals surface area contributed by atoms with Crippen molar-refractivity contribution in [3.8, 4) is 0 Å². The van der Waals surface area contributed by atoms with Gasteiger partial charge >= 0.3 is 0 Å². The zero-order valence-corrected chi connectivity index (χ0v) is 12.0. The van der Waals surface area contributed by atoms with Gasteiger partial charge in [0, 0.05) is 25.2 Å². The molecule has 1 aromatic heterocycles. The molecule has 1 N–H and O–H groups in total. The van der Waals surface area contributed by atoms with Crippen LogP contribution in [0.5, 0.6) is 0 Å². The van der Waals surface area contributed by atoms with Crippen molar-refractivity contribution in [2.24, 2.45) is 0 Å². The van der Waals surface area contributed by atoms with Crippen LogP contribution in [0.25, 0.3) is 0 Å². The summed E-state index contributed by atoms with van der Waals surface area (Å²) in [6.45, 7) is 3.11. The molecular weight excluding hydrogens is 276 g/mol. The number of hydrogen-bond donors (Lipinski definition) is 1. The summed E-state index contributed by atoms with van der Waals surface area (Å²) in [5.41, 5.74) is 0.225. The fourth-order valence-corrected chi connectivity index (χ4v) is 1.59. The quantitative estimate of drug-likeness (QED) is 0.906. The minimum Gasteiger partial charge on any atom is -0.350 e. The third-order valence-electron chi connectivity index (χ3n) is 2.69. The number of halogens is 1. The van der Waals surface area contributed by atoms with Gasteiger partial charge in [0.1, 0.15) is 0 Å². The van der Waals surface area contributed by atoms with Crippen LogP contribution in [-0.4, -0.2) is 36.9 Å². The highest BCUT2D eigenvalue weighted by Crippen LogP contribution is 2.16. The summed E-state index contributed by atoms with van der Waals surface area (Å²) in [5.74, 6) is -0.440. The van der Waals surface area contributed by atoms with E-state index in [1.54, 1.807) is 13.8 Å². The molecule has 0 aliphatic heterocycles. The Labute approximate surface area is 111 Å². The summed E-state index contributed by atoms with van der Waals surface area (Å²) >= 11 is 5.84. The van der Waals surface area contributed by atoms with Crippen LogP contribution in [-0.2, 0) is 9.84 Å². The lowest BCUT2D eigenvalue weighted by atomic mass is 10.2. The number of nitrogens with one attached hydrogen (secondary N) is 1. The van der Waals surface area contributed by atoms with Crippen molar-refractivity contribution < 1.29 is 13.2 Å². The maximum absolute atomic E-state index is 11.8. The molecule has 5 nitrogen and oxygen atoms in total. The molecular formula is C11H15ClN2O3S. The van der Waals surface area contributed by atoms with Crippen molar-refractivity contribution in [1.29, 1.82) is 0 Å². The van der Waals surface area contributed by atoms with Crippen LogP contribution >= 0.6 is 11.6 Å². The Bertz CT molecular complexity index is 555. The highest BCUT2D eigenvalue weighted by Gasteiger charge is 2.30. The van der Waals surface area contributed by atoms with E-state index < -0.39 is 20.5 Å². The standard InChI is InChI=1S/C11H15ClN2O3S/c1-11(2,18(3,16)17)7-14-10(15)8-6-13-5-4-9(8)12/h4-6H,7H2,1-3H3,(H,14,15). The first-order chi connectivity index (χ1) is 8.15. The SMILES string of the molecule is CC(C)(CNC(=O)c1cnccc1Cl)S(C)(=O)=O. The van der Waals surface area contributed by atoms with Crippen molar-refractivity contribution in [3.05, 3.63) is 29.0 Å². The fraction of sp³-hybridized carbons (Fsp3) is 0.455. The molecule has 0 bridgehead atoms. The van der Waals surface area contributed by atoms with E-state index in [-0.39, 0.29) is 17.1 Å². The molecule has 0 aromatic carbocycles. The van der Waals surface area contributed by atoms with Crippen molar-refractivity contribution in [1.82, 2.24) is 10.3 Å². The van der Waals surface area contributed by atoms with Gasteiger partial charge in [-0.3, -0.25) is 9.78 Å². The minimum atomic E-state index is -3.25. The Morgan fingerprint density at radius 3 is 2.61 bits per heavy atom. The molecule has 0 atom stereocenters. The van der Waals surface area contributed by atoms with E-state index in [4.69, 9.17) is 11.6 Å². The van der Waals surface area contributed by atoms with Crippen molar-refractivity contribution >= 4 is 27.3 Å². The Hall–Kier alpha value is -1.14. The molecule has 1 amide bonds. The topological polar surface area (TPSA) is 76.1 Å². The van der Waals surface area contributed by atoms with Crippen LogP contribution < -0.4 is 5.32 Å². The van der Waals surface area contributed by atoms with E-state index >= 15 is 0 Å². The molecule has 1 rings (SSSR count). The lowest BCUT2D eigenvalue weighted by Crippen LogP contribution is -2.43. The van der Waals surface area contributed by atoms with Gasteiger partial charge in [0.2, 0.25) is 0 Å². The van der Waals surface area contributed by atoms with E-state index in [2.05, 4.69) is 10.3 Å². The second kappa shape index (κ2) is 5.24. The summed E-state index contributed by atoms with van der Waals surface area (Å²) in [4.78, 5) is 15.6. The number of sulfone groups is 1. The van der Waals surface area contributed by atoms with Crippen molar-refractivity contribution in [2.45, 2.75) is 18.6 Å². The number of carbonyl (C=O) groups is 1. The van der Waals surface area contributed by atoms with Crippen molar-refractivity contribution in [2.75, 3.05) is 12.8 Å². The number of rotatable bonds is 4. The molecule has 0 radical (unpaired) electrons. The molecule has 0 spiro atoms. The van der Waals surface area contributed by atoms with E-state index in [1.807, 2.05) is 0 Å². The number of amides is 1. The third kappa shape index (κ3) is 3.43. The molecule has 0 fully saturated rings. The summed E-state index contributed by atoms with van der Waals surface area (Å²) in [7, 11) is -3.25. The van der Waals surface area contributed by atoms with Gasteiger partial charge in [0.25, 0.3) is 5.91 Å². The van der Waals surface area contributed by atoms with E-state index in [0.717, 1.165) is 6.26 Å². The molecule has 18 heavy (non-hydrogen) atoms. The van der Waals surface area contributed by atoms with Crippen LogP contribution in [0.15, 0.2) is 18.5 Å². The predicted octanol–water partition coefficient (Wildman–Crippen LogP) is 1.29. The Kier molecular flexibility index (Phi) is 4.34. The molecule has 0 aliphatic carbocycles. The second-order valence-corrected chi connectivity index (χ2v) is 7.63. The number of hydrogen-bond acceptors (Lipinski definition) is 4. The third-order valence-corrected chi connectivity index (χ3v) is 5.17. The van der Waals surface area contributed by atoms with Gasteiger partial charge in [-0.15, -0.1) is 0 Å². The van der Waals surface area contributed by atoms with Crippen molar-refractivity contribution in [3.63, 3.8) is 0 Å². The van der Waals surface area contributed by atoms with Crippen LogP contribution in [0.4, 0.5) is 0 Å². The molecule has 0 unspecified atom stereocenters. The fourth-order valence-electron chi connectivity index (χ4n) is 1.06. The Morgan fingerprint density at radius 1 is 1.50 bits per heavy atom. The zero-order valence-electron chi connectivity index (χ0n) is 10.4. The maximum atomic E-state index is 11.8. The molecule has 0 saturated carbocycles. The highest BCUT2D eigenvalue weighted by molar-refractivity contribution is 7.92. The van der Waals surface area contributed by atoms with Gasteiger partial charge in [-0.25, -0.2) is 8.42 Å². The smallest absolute Gasteiger partial charge is 0.254 e. The average molecular weight is 291 g/mol. The number of aromatic nitrogens is 1. The first-order valence-corrected chi connectivity index (χ1v) is 7.49. The van der Waals surface area contributed by atoms with Gasteiger partial charge in [-0.1, -0.05) is 11.6 Å². The van der Waals surface area contributed by atoms with Gasteiger partial charge in [-0.2, -0.15) is 0 Å². The summed E-state index contributed by atoms with van der Waals surface area (Å²) in [6, 6.07) is 1.50. The monoisotopic (exact) mass is 290 g/mol. The largest absolute Gasteiger partial charge is 0.350 e. The molecule has 0 aliphatic rings. The number of carbonyl (C=O) groups excluding carboxylic acids is 1. The summed E-state index contributed by atoms with van der Waals surface area (Å²) in [5, 5.41) is 2.82. The minimum absolute atomic E-state index is 0.00981. The summed E-state index contributed by atoms with van der Waals surface area (Å²) in [6.07, 6.45) is 3.95. The number of nitrogens with zero attached hydrogens (tertiary/aromatic N) is 1. The molecule has 100 valence electrons. The maximum Gasteiger partial charge on any atom is 0.254 e. The van der Waals surface area contributed by atoms with E-state index in [0.29, 0.717) is 0 Å². The number of pyridine rings is 1. The van der Waals surface area contributed by atoms with E-state index in [1.165, 1.54) is 18.5 Å². The van der Waals surface area contributed by atoms with Gasteiger partial charge in [-0.05, 0) is 19.9 Å². The lowest BCUT2D eigenvalue weighted by Gasteiger charge is -2.22. The normalized spacial score (nSPS) is 12.2. The highest BCUT2D eigenvalue weighted by atomic mass is 35.5. The first-order valence-electron chi connectivity index (χ1n) is 5.22. The van der Waals surface area contributed by atoms with E-state index in [9.17, 15) is 13.2 Å². The Balaban J connectivity index is 2.77. The lowest BCUT2D eigenvalue weighted by molar-refractivity contribution is 0.0950. The molecule has 7 heteroatoms. The van der Waals surface area contributed by atoms with Gasteiger partial charge in [0.05, 0.1) is 15.3 Å². The summed E-state index contributed by atoms with van der Waals surface area (Å²) < 4.78 is 21.9. The van der Waals surface area contributed by atoms with Gasteiger partial charge in [0.15, 0.2) is 9.84 Å². The zero-order chi connectivity index (χ0) is 14.0. The molecule has 1 heterocycles. The van der Waals surface area contributed by atoms with Crippen LogP contribution in [0.1, 0.15) is 24.2 Å². The van der Waals surface area contributed by atoms with Crippen LogP contribution in [0.3, 0.4) is 0 Å². The second-order valence-electron chi connectivity index (χ2n) is 4.57. The molecule has 0 saturated heterocycles. The first kappa shape index (κ1) is 14.9. The van der Waals surface area contributed by atoms with Crippen LogP contribution in [0, 0.1) is 0 Å². The van der Waals surface area contributed by atoms with Gasteiger partial charge < -0.3 is 5.32 Å². The van der Waals surface area contributed by atoms with Crippen LogP contribution in [0.2, 0.25) is 5.02 Å². The predicted molar refractivity (Wildman–Crippen MR) is 70.5 cm³/mol. The molecule has 1 aromatic rings. The Morgan fingerprint density at radius 2 is 2.11 bits per heavy atom.